The normalized spacial score (nSPS) is 14.6. The fraction of sp³-hybridized carbons (Fsp3) is 1.00. The van der Waals surface area contributed by atoms with Crippen molar-refractivity contribution in [3.63, 3.8) is 0 Å². The molecule has 0 bridgehead atoms. The van der Waals surface area contributed by atoms with Crippen LogP contribution in [-0.2, 0) is 4.43 Å². The summed E-state index contributed by atoms with van der Waals surface area (Å²) in [5, 5.41) is 10.2. The first-order valence-electron chi connectivity index (χ1n) is 8.52. The van der Waals surface area contributed by atoms with E-state index in [0.717, 1.165) is 19.3 Å². The molecule has 2 nitrogen and oxygen atoms in total. The highest BCUT2D eigenvalue weighted by atomic mass is 28.4. The van der Waals surface area contributed by atoms with Crippen molar-refractivity contribution in [3.05, 3.63) is 0 Å². The summed E-state index contributed by atoms with van der Waals surface area (Å²) in [6, 6.07) is 0. The summed E-state index contributed by atoms with van der Waals surface area (Å²) in [5.74, 6) is 0. The molecule has 0 aromatic heterocycles. The summed E-state index contributed by atoms with van der Waals surface area (Å²) in [6.07, 6.45) is 9.30. The van der Waals surface area contributed by atoms with E-state index in [4.69, 9.17) is 4.43 Å². The Balaban J connectivity index is 3.61. The molecular formula is C17H38O2Si. The molecule has 0 aliphatic carbocycles. The molecule has 0 saturated carbocycles. The minimum atomic E-state index is -1.64. The van der Waals surface area contributed by atoms with Gasteiger partial charge in [-0.2, -0.15) is 0 Å². The second kappa shape index (κ2) is 9.96. The van der Waals surface area contributed by atoms with E-state index in [2.05, 4.69) is 40.8 Å². The molecular weight excluding hydrogens is 264 g/mol. The van der Waals surface area contributed by atoms with Gasteiger partial charge >= 0.3 is 0 Å². The quantitative estimate of drug-likeness (QED) is 0.403. The van der Waals surface area contributed by atoms with Crippen LogP contribution < -0.4 is 0 Å². The van der Waals surface area contributed by atoms with E-state index in [9.17, 15) is 5.11 Å². The Bertz CT molecular complexity index is 234. The van der Waals surface area contributed by atoms with E-state index < -0.39 is 8.32 Å². The fourth-order valence-corrected chi connectivity index (χ4v) is 3.03. The van der Waals surface area contributed by atoms with Gasteiger partial charge in [0.05, 0.1) is 6.10 Å². The molecule has 0 fully saturated rings. The van der Waals surface area contributed by atoms with Crippen LogP contribution in [0.4, 0.5) is 0 Å². The van der Waals surface area contributed by atoms with Gasteiger partial charge in [-0.3, -0.25) is 0 Å². The van der Waals surface area contributed by atoms with Crippen LogP contribution >= 0.6 is 0 Å². The molecule has 3 heteroatoms. The highest BCUT2D eigenvalue weighted by Gasteiger charge is 2.36. The smallest absolute Gasteiger partial charge is 0.191 e. The Labute approximate surface area is 128 Å². The van der Waals surface area contributed by atoms with Gasteiger partial charge in [-0.25, -0.2) is 0 Å². The van der Waals surface area contributed by atoms with Gasteiger partial charge in [0.25, 0.3) is 0 Å². The van der Waals surface area contributed by atoms with Crippen LogP contribution in [0, 0.1) is 0 Å². The summed E-state index contributed by atoms with van der Waals surface area (Å²) < 4.78 is 6.10. The van der Waals surface area contributed by atoms with E-state index in [1.807, 2.05) is 0 Å². The Hall–Kier alpha value is 0.137. The molecule has 1 N–H and O–H groups in total. The van der Waals surface area contributed by atoms with Gasteiger partial charge in [-0.15, -0.1) is 0 Å². The van der Waals surface area contributed by atoms with Crippen LogP contribution in [0.2, 0.25) is 18.1 Å². The summed E-state index contributed by atoms with van der Waals surface area (Å²) in [5.41, 5.74) is 0. The van der Waals surface area contributed by atoms with Gasteiger partial charge in [-0.1, -0.05) is 66.2 Å². The van der Waals surface area contributed by atoms with E-state index in [0.29, 0.717) is 6.61 Å². The molecule has 0 saturated heterocycles. The summed E-state index contributed by atoms with van der Waals surface area (Å²) in [7, 11) is -1.64. The van der Waals surface area contributed by atoms with Gasteiger partial charge in [0, 0.05) is 6.61 Å². The van der Waals surface area contributed by atoms with Crippen LogP contribution in [0.15, 0.2) is 0 Å². The largest absolute Gasteiger partial charge is 0.417 e. The average molecular weight is 303 g/mol. The third kappa shape index (κ3) is 9.14. The molecule has 0 heterocycles. The average Bonchev–Trinajstić information content (AvgIpc) is 2.32. The summed E-state index contributed by atoms with van der Waals surface area (Å²) >= 11 is 0. The van der Waals surface area contributed by atoms with E-state index in [-0.39, 0.29) is 11.1 Å². The molecule has 0 rings (SSSR count). The molecule has 0 aliphatic rings. The number of aliphatic hydroxyl groups is 1. The van der Waals surface area contributed by atoms with Crippen LogP contribution in [0.25, 0.3) is 0 Å². The lowest BCUT2D eigenvalue weighted by atomic mass is 10.1. The number of aliphatic hydroxyl groups excluding tert-OH is 1. The second-order valence-electron chi connectivity index (χ2n) is 7.61. The maximum absolute atomic E-state index is 9.99. The third-order valence-corrected chi connectivity index (χ3v) is 9.15. The Morgan fingerprint density at radius 2 is 1.50 bits per heavy atom. The zero-order chi connectivity index (χ0) is 15.6. The monoisotopic (exact) mass is 302 g/mol. The lowest BCUT2D eigenvalue weighted by Crippen LogP contribution is -2.41. The zero-order valence-electron chi connectivity index (χ0n) is 14.8. The number of rotatable bonds is 11. The van der Waals surface area contributed by atoms with Gasteiger partial charge in [0.1, 0.15) is 0 Å². The van der Waals surface area contributed by atoms with Gasteiger partial charge in [-0.05, 0) is 31.0 Å². The van der Waals surface area contributed by atoms with Crippen molar-refractivity contribution in [2.24, 2.45) is 0 Å². The lowest BCUT2D eigenvalue weighted by Gasteiger charge is -2.36. The van der Waals surface area contributed by atoms with Crippen molar-refractivity contribution in [2.45, 2.75) is 103 Å². The Morgan fingerprint density at radius 1 is 0.950 bits per heavy atom. The molecule has 0 aromatic rings. The molecule has 20 heavy (non-hydrogen) atoms. The number of hydrogen-bond donors (Lipinski definition) is 1. The maximum Gasteiger partial charge on any atom is 0.191 e. The summed E-state index contributed by atoms with van der Waals surface area (Å²) in [4.78, 5) is 0. The van der Waals surface area contributed by atoms with Crippen molar-refractivity contribution >= 4 is 8.32 Å². The first kappa shape index (κ1) is 20.1. The van der Waals surface area contributed by atoms with Gasteiger partial charge in [0.15, 0.2) is 8.32 Å². The third-order valence-electron chi connectivity index (χ3n) is 4.61. The number of hydrogen-bond acceptors (Lipinski definition) is 2. The SMILES string of the molecule is CCCCCCCCC(O)CCO[Si](C)(C)C(C)(C)C. The van der Waals surface area contributed by atoms with Gasteiger partial charge in [0.2, 0.25) is 0 Å². The molecule has 1 atom stereocenters. The second-order valence-corrected chi connectivity index (χ2v) is 12.4. The van der Waals surface area contributed by atoms with Crippen LogP contribution in [-0.4, -0.2) is 26.1 Å². The Morgan fingerprint density at radius 3 is 2.05 bits per heavy atom. The van der Waals surface area contributed by atoms with Crippen molar-refractivity contribution < 1.29 is 9.53 Å². The molecule has 0 radical (unpaired) electrons. The van der Waals surface area contributed by atoms with E-state index in [1.165, 1.54) is 32.1 Å². The van der Waals surface area contributed by atoms with Crippen molar-refractivity contribution in [1.82, 2.24) is 0 Å². The minimum absolute atomic E-state index is 0.175. The molecule has 0 spiro atoms. The number of unbranched alkanes of at least 4 members (excludes halogenated alkanes) is 5. The minimum Gasteiger partial charge on any atom is -0.417 e. The standard InChI is InChI=1S/C17H38O2Si/c1-7-8-9-10-11-12-13-16(18)14-15-19-20(5,6)17(2,3)4/h16,18H,7-15H2,1-6H3. The molecule has 0 aromatic carbocycles. The van der Waals surface area contributed by atoms with Crippen LogP contribution in [0.3, 0.4) is 0 Å². The fourth-order valence-electron chi connectivity index (χ4n) is 1.97. The predicted octanol–water partition coefficient (Wildman–Crippen LogP) is 5.51. The first-order chi connectivity index (χ1) is 9.20. The molecule has 0 aliphatic heterocycles. The van der Waals surface area contributed by atoms with Crippen molar-refractivity contribution in [1.29, 1.82) is 0 Å². The van der Waals surface area contributed by atoms with Crippen LogP contribution in [0.1, 0.15) is 79.1 Å². The summed E-state index contributed by atoms with van der Waals surface area (Å²) in [6.45, 7) is 14.3. The molecule has 1 unspecified atom stereocenters. The highest BCUT2D eigenvalue weighted by molar-refractivity contribution is 6.74. The topological polar surface area (TPSA) is 29.5 Å². The predicted molar refractivity (Wildman–Crippen MR) is 91.8 cm³/mol. The highest BCUT2D eigenvalue weighted by Crippen LogP contribution is 2.36. The zero-order valence-corrected chi connectivity index (χ0v) is 15.8. The molecule has 0 amide bonds. The Kier molecular flexibility index (Phi) is 10.0. The van der Waals surface area contributed by atoms with Crippen LogP contribution in [0.5, 0.6) is 0 Å². The van der Waals surface area contributed by atoms with E-state index >= 15 is 0 Å². The van der Waals surface area contributed by atoms with Crippen molar-refractivity contribution in [2.75, 3.05) is 6.61 Å². The van der Waals surface area contributed by atoms with E-state index in [1.54, 1.807) is 0 Å². The molecule has 122 valence electrons. The van der Waals surface area contributed by atoms with Gasteiger partial charge < -0.3 is 9.53 Å². The maximum atomic E-state index is 9.99. The van der Waals surface area contributed by atoms with Crippen molar-refractivity contribution in [3.8, 4) is 0 Å². The lowest BCUT2D eigenvalue weighted by molar-refractivity contribution is 0.124. The first-order valence-corrected chi connectivity index (χ1v) is 11.4.